The number of hydrogen-bond acceptors (Lipinski definition) is 3. The first kappa shape index (κ1) is 14.3. The predicted octanol–water partition coefficient (Wildman–Crippen LogP) is 0.871. The van der Waals surface area contributed by atoms with Gasteiger partial charge in [-0.3, -0.25) is 4.21 Å². The van der Waals surface area contributed by atoms with Crippen molar-refractivity contribution in [3.63, 3.8) is 0 Å². The van der Waals surface area contributed by atoms with Crippen molar-refractivity contribution in [3.05, 3.63) is 30.1 Å². The first-order valence-electron chi connectivity index (χ1n) is 4.91. The van der Waals surface area contributed by atoms with Crippen LogP contribution < -0.4 is 4.72 Å². The molecule has 7 heteroatoms. The van der Waals surface area contributed by atoms with Gasteiger partial charge in [0.05, 0.1) is 0 Å². The lowest BCUT2D eigenvalue weighted by atomic mass is 10.4. The number of benzene rings is 1. The van der Waals surface area contributed by atoms with Gasteiger partial charge < -0.3 is 0 Å². The Bertz CT molecular complexity index is 516. The van der Waals surface area contributed by atoms with E-state index in [1.807, 2.05) is 0 Å². The lowest BCUT2D eigenvalue weighted by Crippen LogP contribution is -2.33. The van der Waals surface area contributed by atoms with Crippen LogP contribution in [0.3, 0.4) is 0 Å². The summed E-state index contributed by atoms with van der Waals surface area (Å²) in [5.41, 5.74) is 0. The van der Waals surface area contributed by atoms with E-state index < -0.39 is 31.5 Å². The molecule has 0 fully saturated rings. The number of nitrogens with one attached hydrogen (secondary N) is 1. The van der Waals surface area contributed by atoms with Crippen molar-refractivity contribution < 1.29 is 17.0 Å². The van der Waals surface area contributed by atoms with Crippen LogP contribution in [0.25, 0.3) is 0 Å². The van der Waals surface area contributed by atoms with Crippen molar-refractivity contribution in [2.75, 3.05) is 12.8 Å². The maximum Gasteiger partial charge on any atom is 0.243 e. The molecule has 0 aliphatic heterocycles. The Morgan fingerprint density at radius 1 is 1.41 bits per heavy atom. The van der Waals surface area contributed by atoms with E-state index in [-0.39, 0.29) is 11.8 Å². The van der Waals surface area contributed by atoms with E-state index in [0.29, 0.717) is 0 Å². The molecular weight excluding hydrogens is 265 g/mol. The fourth-order valence-electron chi connectivity index (χ4n) is 1.08. The highest BCUT2D eigenvalue weighted by Crippen LogP contribution is 2.13. The summed E-state index contributed by atoms with van der Waals surface area (Å²) in [5.74, 6) is -0.801. The number of sulfonamides is 1. The molecule has 1 aromatic rings. The molecule has 0 saturated carbocycles. The summed E-state index contributed by atoms with van der Waals surface area (Å²) in [6.45, 7) is 1.67. The predicted molar refractivity (Wildman–Crippen MR) is 65.1 cm³/mol. The normalized spacial score (nSPS) is 15.5. The largest absolute Gasteiger partial charge is 0.260 e. The van der Waals surface area contributed by atoms with Gasteiger partial charge >= 0.3 is 0 Å². The number of halogens is 1. The van der Waals surface area contributed by atoms with Gasteiger partial charge in [0.15, 0.2) is 0 Å². The highest BCUT2D eigenvalue weighted by molar-refractivity contribution is 7.89. The zero-order chi connectivity index (χ0) is 13.1. The third-order valence-electron chi connectivity index (χ3n) is 2.25. The highest BCUT2D eigenvalue weighted by Gasteiger charge is 2.19. The van der Waals surface area contributed by atoms with Crippen LogP contribution in [0.15, 0.2) is 29.2 Å². The quantitative estimate of drug-likeness (QED) is 0.870. The van der Waals surface area contributed by atoms with Crippen molar-refractivity contribution in [1.29, 1.82) is 0 Å². The van der Waals surface area contributed by atoms with Gasteiger partial charge in [-0.2, -0.15) is 0 Å². The lowest BCUT2D eigenvalue weighted by Gasteiger charge is -2.10. The molecular formula is C10H14FNO3S2. The van der Waals surface area contributed by atoms with Crippen LogP contribution in [0.1, 0.15) is 6.92 Å². The van der Waals surface area contributed by atoms with Crippen LogP contribution in [0.5, 0.6) is 0 Å². The maximum absolute atomic E-state index is 13.3. The molecule has 0 bridgehead atoms. The minimum absolute atomic E-state index is 0.0137. The van der Waals surface area contributed by atoms with Crippen molar-refractivity contribution in [2.45, 2.75) is 17.1 Å². The average Bonchev–Trinajstić information content (AvgIpc) is 2.26. The molecule has 2 atom stereocenters. The summed E-state index contributed by atoms with van der Waals surface area (Å²) in [5, 5.41) is -0.323. The second kappa shape index (κ2) is 5.70. The third-order valence-corrected chi connectivity index (χ3v) is 5.01. The van der Waals surface area contributed by atoms with Crippen LogP contribution in [-0.4, -0.2) is 30.7 Å². The molecule has 0 heterocycles. The third kappa shape index (κ3) is 3.86. The zero-order valence-corrected chi connectivity index (χ0v) is 11.1. The molecule has 96 valence electrons. The van der Waals surface area contributed by atoms with Gasteiger partial charge in [0, 0.05) is 28.9 Å². The average molecular weight is 279 g/mol. The van der Waals surface area contributed by atoms with Gasteiger partial charge in [0.1, 0.15) is 10.7 Å². The summed E-state index contributed by atoms with van der Waals surface area (Å²) in [7, 11) is -5.01. The standard InChI is InChI=1S/C10H14FNO3S2/c1-8(16(2)13)7-12-17(14,15)10-6-4-3-5-9(10)11/h3-6,8,12H,7H2,1-2H3. The fourth-order valence-corrected chi connectivity index (χ4v) is 2.72. The Hall–Kier alpha value is -0.790. The van der Waals surface area contributed by atoms with Gasteiger partial charge in [0.2, 0.25) is 10.0 Å². The molecule has 2 unspecified atom stereocenters. The Balaban J connectivity index is 2.84. The van der Waals surface area contributed by atoms with E-state index >= 15 is 0 Å². The molecule has 1 aromatic carbocycles. The van der Waals surface area contributed by atoms with E-state index in [2.05, 4.69) is 4.72 Å². The first-order valence-corrected chi connectivity index (χ1v) is 8.01. The highest BCUT2D eigenvalue weighted by atomic mass is 32.2. The minimum Gasteiger partial charge on any atom is -0.260 e. The van der Waals surface area contributed by atoms with Gasteiger partial charge in [-0.05, 0) is 19.1 Å². The molecule has 0 saturated heterocycles. The molecule has 0 aliphatic rings. The maximum atomic E-state index is 13.3. The second-order valence-corrected chi connectivity index (χ2v) is 7.13. The van der Waals surface area contributed by atoms with Crippen LogP contribution in [-0.2, 0) is 20.8 Å². The van der Waals surface area contributed by atoms with E-state index in [1.54, 1.807) is 6.92 Å². The molecule has 1 rings (SSSR count). The summed E-state index contributed by atoms with van der Waals surface area (Å²) >= 11 is 0. The van der Waals surface area contributed by atoms with Crippen LogP contribution >= 0.6 is 0 Å². The van der Waals surface area contributed by atoms with Gasteiger partial charge in [-0.25, -0.2) is 17.5 Å². The van der Waals surface area contributed by atoms with Crippen molar-refractivity contribution in [2.24, 2.45) is 0 Å². The summed E-state index contributed by atoms with van der Waals surface area (Å²) in [6, 6.07) is 5.12. The molecule has 4 nitrogen and oxygen atoms in total. The molecule has 1 N–H and O–H groups in total. The van der Waals surface area contributed by atoms with Crippen LogP contribution in [0.4, 0.5) is 4.39 Å². The monoisotopic (exact) mass is 279 g/mol. The van der Waals surface area contributed by atoms with Crippen molar-refractivity contribution in [3.8, 4) is 0 Å². The molecule has 0 amide bonds. The van der Waals surface area contributed by atoms with Gasteiger partial charge in [-0.15, -0.1) is 0 Å². The SMILES string of the molecule is CC(CNS(=O)(=O)c1ccccc1F)S(C)=O. The summed E-state index contributed by atoms with van der Waals surface area (Å²) < 4.78 is 50.1. The fraction of sp³-hybridized carbons (Fsp3) is 0.400. The molecule has 0 aromatic heterocycles. The van der Waals surface area contributed by atoms with Gasteiger partial charge in [-0.1, -0.05) is 12.1 Å². The van der Waals surface area contributed by atoms with Gasteiger partial charge in [0.25, 0.3) is 0 Å². The Labute approximate surface area is 103 Å². The van der Waals surface area contributed by atoms with Crippen LogP contribution in [0.2, 0.25) is 0 Å². The molecule has 0 radical (unpaired) electrons. The van der Waals surface area contributed by atoms with Crippen molar-refractivity contribution >= 4 is 20.8 Å². The smallest absolute Gasteiger partial charge is 0.243 e. The topological polar surface area (TPSA) is 63.2 Å². The first-order chi connectivity index (χ1) is 7.84. The molecule has 17 heavy (non-hydrogen) atoms. The minimum atomic E-state index is -3.88. The molecule has 0 spiro atoms. The Morgan fingerprint density at radius 3 is 2.53 bits per heavy atom. The van der Waals surface area contributed by atoms with E-state index in [1.165, 1.54) is 24.5 Å². The number of hydrogen-bond donors (Lipinski definition) is 1. The zero-order valence-electron chi connectivity index (χ0n) is 9.51. The molecule has 0 aliphatic carbocycles. The Morgan fingerprint density at radius 2 is 2.00 bits per heavy atom. The van der Waals surface area contributed by atoms with Crippen LogP contribution in [0, 0.1) is 5.82 Å². The van der Waals surface area contributed by atoms with Crippen molar-refractivity contribution in [1.82, 2.24) is 4.72 Å². The van der Waals surface area contributed by atoms with E-state index in [9.17, 15) is 17.0 Å². The van der Waals surface area contributed by atoms with E-state index in [0.717, 1.165) is 6.07 Å². The van der Waals surface area contributed by atoms with E-state index in [4.69, 9.17) is 0 Å². The summed E-state index contributed by atoms with van der Waals surface area (Å²) in [4.78, 5) is -0.394. The second-order valence-electron chi connectivity index (χ2n) is 3.59. The summed E-state index contributed by atoms with van der Waals surface area (Å²) in [6.07, 6.45) is 1.49. The lowest BCUT2D eigenvalue weighted by molar-refractivity contribution is 0.556. The number of rotatable bonds is 5. The Kier molecular flexibility index (Phi) is 4.79.